The molecule has 156 valence electrons. The third-order valence-corrected chi connectivity index (χ3v) is 5.23. The predicted molar refractivity (Wildman–Crippen MR) is 107 cm³/mol. The number of alkyl halides is 4. The first-order valence-electron chi connectivity index (χ1n) is 7.98. The van der Waals surface area contributed by atoms with E-state index < -0.39 is 17.7 Å². The average Bonchev–Trinajstić information content (AvgIpc) is 2.64. The fourth-order valence-corrected chi connectivity index (χ4v) is 3.19. The van der Waals surface area contributed by atoms with Crippen LogP contribution in [0.5, 0.6) is 0 Å². The number of anilines is 2. The number of hydrogen-bond acceptors (Lipinski definition) is 4. The minimum atomic E-state index is -5.13. The summed E-state index contributed by atoms with van der Waals surface area (Å²) < 4.78 is 38.2. The van der Waals surface area contributed by atoms with Crippen molar-refractivity contribution in [1.29, 1.82) is 0 Å². The first-order chi connectivity index (χ1) is 13.4. The number of rotatable bonds is 6. The summed E-state index contributed by atoms with van der Waals surface area (Å²) in [6, 6.07) is 11.2. The lowest BCUT2D eigenvalue weighted by Gasteiger charge is -2.25. The van der Waals surface area contributed by atoms with Gasteiger partial charge in [0.1, 0.15) is 5.88 Å². The van der Waals surface area contributed by atoms with Crippen LogP contribution in [0, 0.1) is 0 Å². The van der Waals surface area contributed by atoms with Gasteiger partial charge in [-0.25, -0.2) is 0 Å². The fourth-order valence-electron chi connectivity index (χ4n) is 1.97. The van der Waals surface area contributed by atoms with Gasteiger partial charge < -0.3 is 15.7 Å². The molecule has 0 aliphatic rings. The van der Waals surface area contributed by atoms with Gasteiger partial charge in [0.25, 0.3) is 5.91 Å². The van der Waals surface area contributed by atoms with Crippen LogP contribution in [0.3, 0.4) is 0 Å². The number of halogens is 5. The molecule has 0 aliphatic carbocycles. The fraction of sp³-hybridized carbons (Fsp3) is 0.222. The Morgan fingerprint density at radius 2 is 1.66 bits per heavy atom. The molecule has 0 bridgehead atoms. The lowest BCUT2D eigenvalue weighted by molar-refractivity contribution is -0.242. The summed E-state index contributed by atoms with van der Waals surface area (Å²) in [5.74, 6) is -2.13. The first kappa shape index (κ1) is 23.3. The van der Waals surface area contributed by atoms with Crippen molar-refractivity contribution in [3.63, 3.8) is 0 Å². The number of nitrogens with one attached hydrogen (secondary N) is 2. The second-order valence-electron chi connectivity index (χ2n) is 5.97. The molecule has 11 heteroatoms. The maximum absolute atomic E-state index is 12.7. The van der Waals surface area contributed by atoms with Gasteiger partial charge in [-0.2, -0.15) is 13.2 Å². The minimum Gasteiger partial charge on any atom is -0.373 e. The van der Waals surface area contributed by atoms with Crippen LogP contribution in [0.2, 0.25) is 5.02 Å². The van der Waals surface area contributed by atoms with Crippen LogP contribution in [-0.4, -0.2) is 34.6 Å². The van der Waals surface area contributed by atoms with Crippen LogP contribution in [0.15, 0.2) is 52.3 Å². The lowest BCUT2D eigenvalue weighted by atomic mass is 10.1. The second-order valence-corrected chi connectivity index (χ2v) is 7.80. The third kappa shape index (κ3) is 6.02. The van der Waals surface area contributed by atoms with Crippen molar-refractivity contribution in [2.75, 3.05) is 16.5 Å². The van der Waals surface area contributed by atoms with E-state index in [1.165, 1.54) is 23.9 Å². The monoisotopic (exact) mass is 466 g/mol. The molecule has 2 rings (SSSR count). The minimum absolute atomic E-state index is 0.00678. The maximum Gasteiger partial charge on any atom is 0.426 e. The molecule has 0 aromatic heterocycles. The van der Waals surface area contributed by atoms with Crippen LogP contribution in [0.1, 0.15) is 6.92 Å². The van der Waals surface area contributed by atoms with Crippen LogP contribution < -0.4 is 10.6 Å². The molecule has 0 aliphatic heterocycles. The SMILES string of the molecule is C[C@@](O)(C(=O)Nc1ccc(Sc2ccc(NC(=O)CCl)cc2)cc1Cl)C(F)(F)F. The number of carbonyl (C=O) groups is 2. The number of aliphatic hydroxyl groups is 1. The summed E-state index contributed by atoms with van der Waals surface area (Å²) in [5, 5.41) is 14.0. The van der Waals surface area contributed by atoms with Gasteiger partial charge in [-0.05, 0) is 49.4 Å². The largest absolute Gasteiger partial charge is 0.426 e. The Labute approximate surface area is 178 Å². The highest BCUT2D eigenvalue weighted by Crippen LogP contribution is 2.35. The van der Waals surface area contributed by atoms with E-state index in [1.54, 1.807) is 30.3 Å². The summed E-state index contributed by atoms with van der Waals surface area (Å²) in [7, 11) is 0. The molecule has 2 aromatic carbocycles. The molecular formula is C18H15Cl2F3N2O3S. The van der Waals surface area contributed by atoms with Gasteiger partial charge in [0.15, 0.2) is 0 Å². The lowest BCUT2D eigenvalue weighted by Crippen LogP contribution is -2.52. The number of carbonyl (C=O) groups excluding carboxylic acids is 2. The van der Waals surface area contributed by atoms with Crippen molar-refractivity contribution in [3.05, 3.63) is 47.5 Å². The average molecular weight is 467 g/mol. The van der Waals surface area contributed by atoms with E-state index in [4.69, 9.17) is 23.2 Å². The molecule has 3 N–H and O–H groups in total. The topological polar surface area (TPSA) is 78.4 Å². The van der Waals surface area contributed by atoms with Gasteiger partial charge in [-0.1, -0.05) is 23.4 Å². The molecule has 0 unspecified atom stereocenters. The van der Waals surface area contributed by atoms with Gasteiger partial charge in [-0.3, -0.25) is 9.59 Å². The van der Waals surface area contributed by atoms with Gasteiger partial charge in [0, 0.05) is 15.5 Å². The van der Waals surface area contributed by atoms with Crippen LogP contribution in [0.25, 0.3) is 0 Å². The van der Waals surface area contributed by atoms with E-state index in [2.05, 4.69) is 5.32 Å². The molecule has 1 atom stereocenters. The van der Waals surface area contributed by atoms with Crippen molar-refractivity contribution in [2.24, 2.45) is 0 Å². The standard InChI is InChI=1S/C18H15Cl2F3N2O3S/c1-17(28,18(21,22)23)16(27)25-14-7-6-12(8-13(14)20)29-11-4-2-10(3-5-11)24-15(26)9-19/h2-8,28H,9H2,1H3,(H,24,26)(H,25,27)/t17-/m1/s1. The Morgan fingerprint density at radius 3 is 2.17 bits per heavy atom. The molecular weight excluding hydrogens is 452 g/mol. The zero-order valence-corrected chi connectivity index (χ0v) is 17.1. The molecule has 0 heterocycles. The number of amides is 2. The van der Waals surface area contributed by atoms with E-state index in [-0.39, 0.29) is 22.5 Å². The summed E-state index contributed by atoms with van der Waals surface area (Å²) in [6.07, 6.45) is -5.13. The Kier molecular flexibility index (Phi) is 7.45. The Morgan fingerprint density at radius 1 is 1.07 bits per heavy atom. The van der Waals surface area contributed by atoms with Crippen LogP contribution in [-0.2, 0) is 9.59 Å². The molecule has 0 saturated carbocycles. The van der Waals surface area contributed by atoms with Gasteiger partial charge in [-0.15, -0.1) is 11.6 Å². The third-order valence-electron chi connectivity index (χ3n) is 3.68. The summed E-state index contributed by atoms with van der Waals surface area (Å²) in [4.78, 5) is 24.5. The highest BCUT2D eigenvalue weighted by molar-refractivity contribution is 7.99. The van der Waals surface area contributed by atoms with Gasteiger partial charge >= 0.3 is 6.18 Å². The normalized spacial score (nSPS) is 13.5. The summed E-state index contributed by atoms with van der Waals surface area (Å²) in [5.41, 5.74) is -3.04. The molecule has 0 saturated heterocycles. The van der Waals surface area contributed by atoms with Crippen molar-refractivity contribution in [2.45, 2.75) is 28.5 Å². The molecule has 2 amide bonds. The van der Waals surface area contributed by atoms with Crippen molar-refractivity contribution >= 4 is 58.2 Å². The summed E-state index contributed by atoms with van der Waals surface area (Å²) >= 11 is 12.8. The molecule has 29 heavy (non-hydrogen) atoms. The van der Waals surface area contributed by atoms with E-state index in [1.807, 2.05) is 5.32 Å². The van der Waals surface area contributed by atoms with Crippen LogP contribution in [0.4, 0.5) is 24.5 Å². The molecule has 0 spiro atoms. The zero-order valence-electron chi connectivity index (χ0n) is 14.8. The van der Waals surface area contributed by atoms with Crippen LogP contribution >= 0.6 is 35.0 Å². The number of benzene rings is 2. The highest BCUT2D eigenvalue weighted by atomic mass is 35.5. The van der Waals surface area contributed by atoms with E-state index in [9.17, 15) is 27.9 Å². The highest BCUT2D eigenvalue weighted by Gasteiger charge is 2.55. The van der Waals surface area contributed by atoms with E-state index in [0.29, 0.717) is 17.5 Å². The zero-order chi connectivity index (χ0) is 21.8. The second kappa shape index (κ2) is 9.25. The Balaban J connectivity index is 2.08. The van der Waals surface area contributed by atoms with Crippen molar-refractivity contribution in [3.8, 4) is 0 Å². The Bertz CT molecular complexity index is 906. The first-order valence-corrected chi connectivity index (χ1v) is 9.71. The van der Waals surface area contributed by atoms with E-state index >= 15 is 0 Å². The van der Waals surface area contributed by atoms with Gasteiger partial charge in [0.2, 0.25) is 11.5 Å². The number of hydrogen-bond donors (Lipinski definition) is 3. The summed E-state index contributed by atoms with van der Waals surface area (Å²) in [6.45, 7) is 0.361. The van der Waals surface area contributed by atoms with Gasteiger partial charge in [0.05, 0.1) is 10.7 Å². The maximum atomic E-state index is 12.7. The smallest absolute Gasteiger partial charge is 0.373 e. The molecule has 2 aromatic rings. The van der Waals surface area contributed by atoms with Crippen molar-refractivity contribution in [1.82, 2.24) is 0 Å². The quantitative estimate of drug-likeness (QED) is 0.527. The molecule has 0 radical (unpaired) electrons. The molecule has 0 fully saturated rings. The molecule has 5 nitrogen and oxygen atoms in total. The van der Waals surface area contributed by atoms with E-state index in [0.717, 1.165) is 4.90 Å². The predicted octanol–water partition coefficient (Wildman–Crippen LogP) is 4.92. The Hall–Kier alpha value is -1.94. The van der Waals surface area contributed by atoms with Crippen molar-refractivity contribution < 1.29 is 27.9 Å².